The molecule has 4 nitrogen and oxygen atoms in total. The molecule has 1 fully saturated rings. The molecule has 132 valence electrons. The Morgan fingerprint density at radius 2 is 1.96 bits per heavy atom. The summed E-state index contributed by atoms with van der Waals surface area (Å²) in [5.41, 5.74) is 2.32. The van der Waals surface area contributed by atoms with Crippen LogP contribution in [0, 0.1) is 12.7 Å². The van der Waals surface area contributed by atoms with Gasteiger partial charge in [-0.25, -0.2) is 4.39 Å². The minimum Gasteiger partial charge on any atom is -0.381 e. The summed E-state index contributed by atoms with van der Waals surface area (Å²) >= 11 is 0. The molecule has 2 aromatic rings. The molecule has 3 rings (SSSR count). The Kier molecular flexibility index (Phi) is 5.43. The summed E-state index contributed by atoms with van der Waals surface area (Å²) in [7, 11) is 0. The fourth-order valence-corrected chi connectivity index (χ4v) is 3.38. The molecule has 1 aliphatic heterocycles. The van der Waals surface area contributed by atoms with Crippen LogP contribution in [0.15, 0.2) is 42.6 Å². The molecular formula is C20H23FN2O2. The van der Waals surface area contributed by atoms with Crippen LogP contribution < -0.4 is 5.32 Å². The number of ether oxygens (including phenoxy) is 1. The van der Waals surface area contributed by atoms with Crippen molar-refractivity contribution in [1.29, 1.82) is 0 Å². The zero-order valence-corrected chi connectivity index (χ0v) is 14.4. The zero-order valence-electron chi connectivity index (χ0n) is 14.4. The predicted molar refractivity (Wildman–Crippen MR) is 93.8 cm³/mol. The monoisotopic (exact) mass is 342 g/mol. The molecule has 1 saturated heterocycles. The third-order valence-electron chi connectivity index (χ3n) is 4.94. The summed E-state index contributed by atoms with van der Waals surface area (Å²) in [4.78, 5) is 17.4. The molecule has 0 aliphatic carbocycles. The van der Waals surface area contributed by atoms with Crippen molar-refractivity contribution in [3.8, 4) is 0 Å². The minimum atomic E-state index is -0.648. The Hall–Kier alpha value is -2.27. The second-order valence-electron chi connectivity index (χ2n) is 6.47. The zero-order chi connectivity index (χ0) is 17.7. The Labute approximate surface area is 147 Å². The van der Waals surface area contributed by atoms with E-state index >= 15 is 0 Å². The van der Waals surface area contributed by atoms with Gasteiger partial charge in [0.15, 0.2) is 0 Å². The molecule has 0 saturated carbocycles. The Morgan fingerprint density at radius 3 is 2.64 bits per heavy atom. The maximum atomic E-state index is 13.3. The van der Waals surface area contributed by atoms with E-state index < -0.39 is 5.41 Å². The number of carbonyl (C=O) groups is 1. The van der Waals surface area contributed by atoms with Crippen LogP contribution in [0.3, 0.4) is 0 Å². The minimum absolute atomic E-state index is 0.0176. The molecule has 0 unspecified atom stereocenters. The highest BCUT2D eigenvalue weighted by Crippen LogP contribution is 2.35. The first-order valence-corrected chi connectivity index (χ1v) is 8.64. The average Bonchev–Trinajstić information content (AvgIpc) is 2.64. The quantitative estimate of drug-likeness (QED) is 0.909. The SMILES string of the molecule is Cc1cccnc1CCNC(=O)C1(c2ccc(F)cc2)CCOCC1. The van der Waals surface area contributed by atoms with E-state index in [0.717, 1.165) is 16.8 Å². The van der Waals surface area contributed by atoms with E-state index in [1.54, 1.807) is 18.3 Å². The lowest BCUT2D eigenvalue weighted by Crippen LogP contribution is -2.48. The van der Waals surface area contributed by atoms with E-state index in [0.29, 0.717) is 39.0 Å². The standard InChI is InChI=1S/C20H23FN2O2/c1-15-3-2-11-22-18(15)8-12-23-19(24)20(9-13-25-14-10-20)16-4-6-17(21)7-5-16/h2-7,11H,8-10,12-14H2,1H3,(H,23,24). The lowest BCUT2D eigenvalue weighted by atomic mass is 9.73. The van der Waals surface area contributed by atoms with Crippen LogP contribution in [0.4, 0.5) is 4.39 Å². The van der Waals surface area contributed by atoms with Gasteiger partial charge in [-0.2, -0.15) is 0 Å². The van der Waals surface area contributed by atoms with E-state index in [9.17, 15) is 9.18 Å². The number of hydrogen-bond donors (Lipinski definition) is 1. The first-order valence-electron chi connectivity index (χ1n) is 8.64. The average molecular weight is 342 g/mol. The van der Waals surface area contributed by atoms with E-state index in [2.05, 4.69) is 10.3 Å². The van der Waals surface area contributed by atoms with Gasteiger partial charge in [0.25, 0.3) is 0 Å². The molecule has 1 N–H and O–H groups in total. The summed E-state index contributed by atoms with van der Waals surface area (Å²) in [6.07, 6.45) is 3.66. The molecule has 0 radical (unpaired) electrons. The van der Waals surface area contributed by atoms with Crippen LogP contribution in [0.5, 0.6) is 0 Å². The predicted octanol–water partition coefficient (Wildman–Crippen LogP) is 2.94. The number of rotatable bonds is 5. The van der Waals surface area contributed by atoms with E-state index in [1.165, 1.54) is 12.1 Å². The molecule has 1 aromatic carbocycles. The van der Waals surface area contributed by atoms with Crippen molar-refractivity contribution in [3.63, 3.8) is 0 Å². The Morgan fingerprint density at radius 1 is 1.24 bits per heavy atom. The number of aromatic nitrogens is 1. The highest BCUT2D eigenvalue weighted by molar-refractivity contribution is 5.88. The molecular weight excluding hydrogens is 319 g/mol. The number of amides is 1. The smallest absolute Gasteiger partial charge is 0.230 e. The first kappa shape index (κ1) is 17.5. The summed E-state index contributed by atoms with van der Waals surface area (Å²) < 4.78 is 18.7. The molecule has 5 heteroatoms. The molecule has 1 aromatic heterocycles. The number of carbonyl (C=O) groups excluding carboxylic acids is 1. The molecule has 2 heterocycles. The van der Waals surface area contributed by atoms with Gasteiger partial charge < -0.3 is 10.1 Å². The van der Waals surface area contributed by atoms with Crippen molar-refractivity contribution < 1.29 is 13.9 Å². The molecule has 1 amide bonds. The van der Waals surface area contributed by atoms with Gasteiger partial charge in [0.1, 0.15) is 5.82 Å². The van der Waals surface area contributed by atoms with Crippen molar-refractivity contribution in [1.82, 2.24) is 10.3 Å². The third kappa shape index (κ3) is 3.87. The summed E-state index contributed by atoms with van der Waals surface area (Å²) in [5, 5.41) is 3.05. The molecule has 25 heavy (non-hydrogen) atoms. The molecule has 1 aliphatic rings. The van der Waals surface area contributed by atoms with Gasteiger partial charge in [-0.1, -0.05) is 18.2 Å². The van der Waals surface area contributed by atoms with E-state index in [1.807, 2.05) is 19.1 Å². The van der Waals surface area contributed by atoms with Gasteiger partial charge in [0.05, 0.1) is 5.41 Å². The van der Waals surface area contributed by atoms with Crippen molar-refractivity contribution in [3.05, 3.63) is 65.2 Å². The topological polar surface area (TPSA) is 51.2 Å². The fraction of sp³-hybridized carbons (Fsp3) is 0.400. The van der Waals surface area contributed by atoms with Crippen LogP contribution in [0.25, 0.3) is 0 Å². The summed E-state index contributed by atoms with van der Waals surface area (Å²) in [6.45, 7) is 3.61. The van der Waals surface area contributed by atoms with Gasteiger partial charge in [-0.05, 0) is 49.1 Å². The van der Waals surface area contributed by atoms with Gasteiger partial charge in [-0.15, -0.1) is 0 Å². The summed E-state index contributed by atoms with van der Waals surface area (Å²) in [5.74, 6) is -0.312. The normalized spacial score (nSPS) is 16.4. The maximum absolute atomic E-state index is 13.3. The van der Waals surface area contributed by atoms with Crippen LogP contribution in [-0.4, -0.2) is 30.6 Å². The van der Waals surface area contributed by atoms with Crippen LogP contribution in [-0.2, 0) is 21.4 Å². The lowest BCUT2D eigenvalue weighted by molar-refractivity contribution is -0.130. The maximum Gasteiger partial charge on any atom is 0.230 e. The van der Waals surface area contributed by atoms with Crippen LogP contribution in [0.1, 0.15) is 29.7 Å². The fourth-order valence-electron chi connectivity index (χ4n) is 3.38. The molecule has 0 bridgehead atoms. The molecule has 0 atom stereocenters. The van der Waals surface area contributed by atoms with Crippen molar-refractivity contribution in [2.24, 2.45) is 0 Å². The highest BCUT2D eigenvalue weighted by Gasteiger charge is 2.41. The number of aryl methyl sites for hydroxylation is 1. The Balaban J connectivity index is 1.71. The second kappa shape index (κ2) is 7.74. The van der Waals surface area contributed by atoms with Gasteiger partial charge >= 0.3 is 0 Å². The Bertz CT molecular complexity index is 725. The first-order chi connectivity index (χ1) is 12.1. The van der Waals surface area contributed by atoms with Crippen LogP contribution >= 0.6 is 0 Å². The van der Waals surface area contributed by atoms with Gasteiger partial charge in [0, 0.05) is 38.1 Å². The molecule has 0 spiro atoms. The van der Waals surface area contributed by atoms with Crippen molar-refractivity contribution in [2.75, 3.05) is 19.8 Å². The number of nitrogens with zero attached hydrogens (tertiary/aromatic N) is 1. The second-order valence-corrected chi connectivity index (χ2v) is 6.47. The van der Waals surface area contributed by atoms with Gasteiger partial charge in [0.2, 0.25) is 5.91 Å². The van der Waals surface area contributed by atoms with Crippen molar-refractivity contribution in [2.45, 2.75) is 31.6 Å². The number of halogens is 1. The van der Waals surface area contributed by atoms with E-state index in [4.69, 9.17) is 4.74 Å². The summed E-state index contributed by atoms with van der Waals surface area (Å²) in [6, 6.07) is 10.2. The van der Waals surface area contributed by atoms with Gasteiger partial charge in [-0.3, -0.25) is 9.78 Å². The highest BCUT2D eigenvalue weighted by atomic mass is 19.1. The lowest BCUT2D eigenvalue weighted by Gasteiger charge is -2.36. The number of nitrogens with one attached hydrogen (secondary N) is 1. The third-order valence-corrected chi connectivity index (χ3v) is 4.94. The number of hydrogen-bond acceptors (Lipinski definition) is 3. The van der Waals surface area contributed by atoms with Crippen LogP contribution in [0.2, 0.25) is 0 Å². The number of benzene rings is 1. The largest absolute Gasteiger partial charge is 0.381 e. The number of pyridine rings is 1. The van der Waals surface area contributed by atoms with Crippen molar-refractivity contribution >= 4 is 5.91 Å². The van der Waals surface area contributed by atoms with E-state index in [-0.39, 0.29) is 11.7 Å².